The molecule has 0 unspecified atom stereocenters. The maximum absolute atomic E-state index is 9.83. The lowest BCUT2D eigenvalue weighted by atomic mass is 9.89. The van der Waals surface area contributed by atoms with E-state index in [0.29, 0.717) is 6.04 Å². The highest BCUT2D eigenvalue weighted by molar-refractivity contribution is 5.37. The second-order valence-electron chi connectivity index (χ2n) is 5.83. The van der Waals surface area contributed by atoms with Crippen LogP contribution in [-0.2, 0) is 13.0 Å². The Kier molecular flexibility index (Phi) is 3.76. The monoisotopic (exact) mass is 261 g/mol. The lowest BCUT2D eigenvalue weighted by Gasteiger charge is -2.39. The van der Waals surface area contributed by atoms with Gasteiger partial charge in [-0.25, -0.2) is 0 Å². The smallest absolute Gasteiger partial charge is 0.119 e. The first kappa shape index (κ1) is 12.9. The van der Waals surface area contributed by atoms with Crippen molar-refractivity contribution in [2.24, 2.45) is 0 Å². The highest BCUT2D eigenvalue weighted by Crippen LogP contribution is 2.29. The number of rotatable bonds is 2. The van der Waals surface area contributed by atoms with Crippen LogP contribution in [0.1, 0.15) is 36.8 Å². The van der Waals surface area contributed by atoms with Crippen molar-refractivity contribution in [3.63, 3.8) is 0 Å². The highest BCUT2D eigenvalue weighted by atomic mass is 16.5. The van der Waals surface area contributed by atoms with E-state index >= 15 is 0 Å². The second-order valence-corrected chi connectivity index (χ2v) is 5.83. The van der Waals surface area contributed by atoms with Gasteiger partial charge in [0.1, 0.15) is 5.75 Å². The number of hydrogen-bond donors (Lipinski definition) is 1. The summed E-state index contributed by atoms with van der Waals surface area (Å²) in [5.74, 6) is 0.959. The molecule has 104 valence electrons. The maximum atomic E-state index is 9.83. The Morgan fingerprint density at radius 2 is 2.16 bits per heavy atom. The van der Waals surface area contributed by atoms with Crippen molar-refractivity contribution in [2.75, 3.05) is 13.7 Å². The molecule has 0 radical (unpaired) electrons. The summed E-state index contributed by atoms with van der Waals surface area (Å²) >= 11 is 0. The molecule has 1 heterocycles. The summed E-state index contributed by atoms with van der Waals surface area (Å²) in [4.78, 5) is 2.55. The van der Waals surface area contributed by atoms with Gasteiger partial charge in [0.15, 0.2) is 0 Å². The van der Waals surface area contributed by atoms with Crippen molar-refractivity contribution in [1.82, 2.24) is 4.90 Å². The predicted octanol–water partition coefficient (Wildman–Crippen LogP) is 2.36. The molecule has 0 spiro atoms. The molecule has 19 heavy (non-hydrogen) atoms. The summed E-state index contributed by atoms with van der Waals surface area (Å²) in [5.41, 5.74) is 2.85. The molecule has 1 aromatic rings. The fraction of sp³-hybridized carbons (Fsp3) is 0.625. The third kappa shape index (κ3) is 2.77. The number of aliphatic hydroxyl groups excluding tert-OH is 1. The van der Waals surface area contributed by atoms with E-state index in [1.54, 1.807) is 7.11 Å². The van der Waals surface area contributed by atoms with Crippen LogP contribution in [-0.4, -0.2) is 35.8 Å². The van der Waals surface area contributed by atoms with Crippen LogP contribution in [0.3, 0.4) is 0 Å². The zero-order chi connectivity index (χ0) is 13.2. The van der Waals surface area contributed by atoms with E-state index in [2.05, 4.69) is 23.1 Å². The normalized spacial score (nSPS) is 27.9. The standard InChI is InChI=1S/C16H23NO2/c1-19-16-6-5-13-11-17(8-7-12(13)9-16)14-3-2-4-15(18)10-14/h5-6,9,14-15,18H,2-4,7-8,10-11H2,1H3/t14-,15-/m1/s1. The van der Waals surface area contributed by atoms with E-state index < -0.39 is 0 Å². The van der Waals surface area contributed by atoms with Gasteiger partial charge in [0.25, 0.3) is 0 Å². The van der Waals surface area contributed by atoms with Gasteiger partial charge in [0.2, 0.25) is 0 Å². The molecule has 3 rings (SSSR count). The molecule has 1 N–H and O–H groups in total. The Morgan fingerprint density at radius 1 is 1.26 bits per heavy atom. The SMILES string of the molecule is COc1ccc2c(c1)CCN([C@@H]1CCC[C@@H](O)C1)C2. The first-order valence-electron chi connectivity index (χ1n) is 7.34. The molecule has 2 atom stereocenters. The minimum atomic E-state index is -0.0870. The average molecular weight is 261 g/mol. The summed E-state index contributed by atoms with van der Waals surface area (Å²) in [6.07, 6.45) is 5.35. The Hall–Kier alpha value is -1.06. The molecule has 0 bridgehead atoms. The van der Waals surface area contributed by atoms with Crippen LogP contribution in [0.4, 0.5) is 0 Å². The predicted molar refractivity (Wildman–Crippen MR) is 75.4 cm³/mol. The van der Waals surface area contributed by atoms with Crippen molar-refractivity contribution < 1.29 is 9.84 Å². The molecule has 1 fully saturated rings. The van der Waals surface area contributed by atoms with Gasteiger partial charge in [-0.3, -0.25) is 4.90 Å². The molecular formula is C16H23NO2. The number of methoxy groups -OCH3 is 1. The summed E-state index contributed by atoms with van der Waals surface area (Å²) in [6, 6.07) is 6.99. The van der Waals surface area contributed by atoms with Crippen LogP contribution in [0.2, 0.25) is 0 Å². The number of aliphatic hydroxyl groups is 1. The minimum absolute atomic E-state index is 0.0870. The van der Waals surface area contributed by atoms with E-state index in [-0.39, 0.29) is 6.10 Å². The molecule has 2 aliphatic rings. The van der Waals surface area contributed by atoms with Crippen LogP contribution in [0.25, 0.3) is 0 Å². The number of ether oxygens (including phenoxy) is 1. The Balaban J connectivity index is 1.71. The number of fused-ring (bicyclic) bond motifs is 1. The van der Waals surface area contributed by atoms with E-state index in [0.717, 1.165) is 44.5 Å². The van der Waals surface area contributed by atoms with Crippen molar-refractivity contribution in [1.29, 1.82) is 0 Å². The van der Waals surface area contributed by atoms with Crippen molar-refractivity contribution in [3.05, 3.63) is 29.3 Å². The first-order chi connectivity index (χ1) is 9.26. The number of hydrogen-bond acceptors (Lipinski definition) is 3. The van der Waals surface area contributed by atoms with Crippen molar-refractivity contribution in [2.45, 2.75) is 50.8 Å². The quantitative estimate of drug-likeness (QED) is 0.887. The molecule has 1 aromatic carbocycles. The lowest BCUT2D eigenvalue weighted by molar-refractivity contribution is 0.0556. The van der Waals surface area contributed by atoms with Crippen molar-refractivity contribution in [3.8, 4) is 5.75 Å². The van der Waals surface area contributed by atoms with E-state index in [1.165, 1.54) is 17.5 Å². The van der Waals surface area contributed by atoms with Gasteiger partial charge in [-0.15, -0.1) is 0 Å². The van der Waals surface area contributed by atoms with Crippen LogP contribution < -0.4 is 4.74 Å². The fourth-order valence-corrected chi connectivity index (χ4v) is 3.46. The molecule has 1 saturated carbocycles. The van der Waals surface area contributed by atoms with Gasteiger partial charge in [-0.2, -0.15) is 0 Å². The third-order valence-electron chi connectivity index (χ3n) is 4.59. The highest BCUT2D eigenvalue weighted by Gasteiger charge is 2.28. The molecule has 3 nitrogen and oxygen atoms in total. The minimum Gasteiger partial charge on any atom is -0.497 e. The van der Waals surface area contributed by atoms with Gasteiger partial charge in [-0.05, 0) is 55.4 Å². The fourth-order valence-electron chi connectivity index (χ4n) is 3.46. The summed E-state index contributed by atoms with van der Waals surface area (Å²) in [5, 5.41) is 9.83. The topological polar surface area (TPSA) is 32.7 Å². The van der Waals surface area contributed by atoms with E-state index in [1.807, 2.05) is 0 Å². The Morgan fingerprint density at radius 3 is 2.95 bits per heavy atom. The van der Waals surface area contributed by atoms with Crippen LogP contribution >= 0.6 is 0 Å². The summed E-state index contributed by atoms with van der Waals surface area (Å²) in [7, 11) is 1.72. The van der Waals surface area contributed by atoms with Gasteiger partial charge in [0, 0.05) is 19.1 Å². The van der Waals surface area contributed by atoms with Crippen LogP contribution in [0, 0.1) is 0 Å². The summed E-state index contributed by atoms with van der Waals surface area (Å²) in [6.45, 7) is 2.13. The van der Waals surface area contributed by atoms with Crippen molar-refractivity contribution >= 4 is 0 Å². The van der Waals surface area contributed by atoms with Gasteiger partial charge >= 0.3 is 0 Å². The average Bonchev–Trinajstić information content (AvgIpc) is 2.46. The maximum Gasteiger partial charge on any atom is 0.119 e. The number of nitrogens with zero attached hydrogens (tertiary/aromatic N) is 1. The molecule has 1 aliphatic heterocycles. The molecule has 0 aromatic heterocycles. The molecule has 3 heteroatoms. The molecular weight excluding hydrogens is 238 g/mol. The molecule has 1 aliphatic carbocycles. The first-order valence-corrected chi connectivity index (χ1v) is 7.34. The van der Waals surface area contributed by atoms with E-state index in [9.17, 15) is 5.11 Å². The zero-order valence-corrected chi connectivity index (χ0v) is 11.6. The lowest BCUT2D eigenvalue weighted by Crippen LogP contribution is -2.42. The Labute approximate surface area is 115 Å². The largest absolute Gasteiger partial charge is 0.497 e. The molecule has 0 saturated heterocycles. The zero-order valence-electron chi connectivity index (χ0n) is 11.6. The van der Waals surface area contributed by atoms with Crippen LogP contribution in [0.15, 0.2) is 18.2 Å². The van der Waals surface area contributed by atoms with Gasteiger partial charge in [0.05, 0.1) is 13.2 Å². The van der Waals surface area contributed by atoms with Gasteiger partial charge < -0.3 is 9.84 Å². The third-order valence-corrected chi connectivity index (χ3v) is 4.59. The van der Waals surface area contributed by atoms with E-state index in [4.69, 9.17) is 4.74 Å². The molecule has 0 amide bonds. The van der Waals surface area contributed by atoms with Crippen LogP contribution in [0.5, 0.6) is 5.75 Å². The number of benzene rings is 1. The second kappa shape index (κ2) is 5.51. The Bertz CT molecular complexity index is 446. The summed E-state index contributed by atoms with van der Waals surface area (Å²) < 4.78 is 5.29. The van der Waals surface area contributed by atoms with Gasteiger partial charge in [-0.1, -0.05) is 6.07 Å².